The van der Waals surface area contributed by atoms with Crippen LogP contribution in [0.25, 0.3) is 0 Å². The average molecular weight is 293 g/mol. The first-order valence-electron chi connectivity index (χ1n) is 7.95. The molecule has 4 atom stereocenters. The molecule has 4 heteroatoms. The Kier molecular flexibility index (Phi) is 4.57. The van der Waals surface area contributed by atoms with Gasteiger partial charge in [-0.15, -0.1) is 0 Å². The van der Waals surface area contributed by atoms with E-state index in [4.69, 9.17) is 4.74 Å². The van der Waals surface area contributed by atoms with Gasteiger partial charge in [-0.25, -0.2) is 4.39 Å². The van der Waals surface area contributed by atoms with Gasteiger partial charge in [0.25, 0.3) is 0 Å². The number of rotatable bonds is 4. The minimum Gasteiger partial charge on any atom is -0.388 e. The first kappa shape index (κ1) is 14.9. The van der Waals surface area contributed by atoms with Crippen LogP contribution in [-0.4, -0.2) is 41.8 Å². The highest BCUT2D eigenvalue weighted by Gasteiger charge is 2.37. The highest BCUT2D eigenvalue weighted by atomic mass is 19.1. The minimum atomic E-state index is -0.756. The van der Waals surface area contributed by atoms with Crippen LogP contribution >= 0.6 is 0 Å². The van der Waals surface area contributed by atoms with E-state index in [1.165, 1.54) is 18.9 Å². The molecule has 116 valence electrons. The molecule has 0 amide bonds. The van der Waals surface area contributed by atoms with Crippen molar-refractivity contribution < 1.29 is 14.2 Å². The zero-order valence-corrected chi connectivity index (χ0v) is 12.5. The molecular weight excluding hydrogens is 269 g/mol. The molecule has 0 spiro atoms. The second kappa shape index (κ2) is 6.42. The van der Waals surface area contributed by atoms with E-state index in [0.29, 0.717) is 17.7 Å². The van der Waals surface area contributed by atoms with E-state index in [1.807, 2.05) is 6.92 Å². The Morgan fingerprint density at radius 3 is 3.00 bits per heavy atom. The highest BCUT2D eigenvalue weighted by molar-refractivity contribution is 5.20. The number of fused-ring (bicyclic) bond motifs is 1. The van der Waals surface area contributed by atoms with Crippen LogP contribution in [0.4, 0.5) is 4.39 Å². The van der Waals surface area contributed by atoms with Crippen molar-refractivity contribution in [1.82, 2.24) is 4.90 Å². The maximum Gasteiger partial charge on any atom is 0.129 e. The Hall–Kier alpha value is -0.970. The third kappa shape index (κ3) is 3.12. The molecule has 1 aromatic rings. The van der Waals surface area contributed by atoms with Gasteiger partial charge in [-0.3, -0.25) is 4.90 Å². The van der Waals surface area contributed by atoms with Crippen molar-refractivity contribution in [3.8, 4) is 0 Å². The van der Waals surface area contributed by atoms with Gasteiger partial charge in [0.15, 0.2) is 0 Å². The van der Waals surface area contributed by atoms with Gasteiger partial charge < -0.3 is 9.84 Å². The minimum absolute atomic E-state index is 0.00116. The Morgan fingerprint density at radius 1 is 1.38 bits per heavy atom. The van der Waals surface area contributed by atoms with E-state index in [-0.39, 0.29) is 11.7 Å². The van der Waals surface area contributed by atoms with E-state index >= 15 is 0 Å². The zero-order chi connectivity index (χ0) is 14.8. The van der Waals surface area contributed by atoms with Crippen molar-refractivity contribution in [3.05, 3.63) is 35.6 Å². The maximum absolute atomic E-state index is 13.8. The predicted octanol–water partition coefficient (Wildman–Crippen LogP) is 2.75. The Morgan fingerprint density at radius 2 is 2.19 bits per heavy atom. The molecule has 1 N–H and O–H groups in total. The third-order valence-corrected chi connectivity index (χ3v) is 4.88. The van der Waals surface area contributed by atoms with E-state index in [2.05, 4.69) is 4.90 Å². The lowest BCUT2D eigenvalue weighted by atomic mass is 9.95. The second-order valence-electron chi connectivity index (χ2n) is 6.35. The van der Waals surface area contributed by atoms with Gasteiger partial charge >= 0.3 is 0 Å². The van der Waals surface area contributed by atoms with Gasteiger partial charge in [-0.1, -0.05) is 25.1 Å². The van der Waals surface area contributed by atoms with Crippen molar-refractivity contribution in [3.63, 3.8) is 0 Å². The topological polar surface area (TPSA) is 32.7 Å². The Labute approximate surface area is 125 Å². The van der Waals surface area contributed by atoms with Gasteiger partial charge in [-0.05, 0) is 31.2 Å². The first-order valence-corrected chi connectivity index (χ1v) is 7.95. The van der Waals surface area contributed by atoms with Crippen molar-refractivity contribution in [2.75, 3.05) is 19.7 Å². The number of nitrogens with zero attached hydrogens (tertiary/aromatic N) is 1. The van der Waals surface area contributed by atoms with Crippen molar-refractivity contribution in [2.45, 2.75) is 44.4 Å². The van der Waals surface area contributed by atoms with E-state index in [9.17, 15) is 9.50 Å². The molecule has 1 aliphatic heterocycles. The standard InChI is InChI=1S/C17H24FNO2/c1-12(17(20)13-5-2-3-6-14(13)18)11-19-9-10-21-16-8-4-7-15(16)19/h2-3,5-6,12,15-17,20H,4,7-11H2,1H3. The SMILES string of the molecule is CC(CN1CCOC2CCCC21)C(O)c1ccccc1F. The normalized spacial score (nSPS) is 29.1. The molecule has 1 saturated heterocycles. The largest absolute Gasteiger partial charge is 0.388 e. The lowest BCUT2D eigenvalue weighted by molar-refractivity contribution is -0.0659. The smallest absolute Gasteiger partial charge is 0.129 e. The quantitative estimate of drug-likeness (QED) is 0.926. The second-order valence-corrected chi connectivity index (χ2v) is 6.35. The summed E-state index contributed by atoms with van der Waals surface area (Å²) in [7, 11) is 0. The number of aliphatic hydroxyl groups excluding tert-OH is 1. The number of hydrogen-bond acceptors (Lipinski definition) is 3. The van der Waals surface area contributed by atoms with Gasteiger partial charge in [-0.2, -0.15) is 0 Å². The zero-order valence-electron chi connectivity index (χ0n) is 12.5. The van der Waals surface area contributed by atoms with E-state index in [1.54, 1.807) is 18.2 Å². The molecule has 1 saturated carbocycles. The molecule has 3 nitrogen and oxygen atoms in total. The van der Waals surface area contributed by atoms with E-state index < -0.39 is 6.10 Å². The summed E-state index contributed by atoms with van der Waals surface area (Å²) >= 11 is 0. The van der Waals surface area contributed by atoms with Gasteiger partial charge in [0.05, 0.1) is 18.8 Å². The van der Waals surface area contributed by atoms with Crippen LogP contribution in [0.1, 0.15) is 37.9 Å². The fourth-order valence-electron chi connectivity index (χ4n) is 3.72. The highest BCUT2D eigenvalue weighted by Crippen LogP contribution is 2.32. The molecule has 2 fully saturated rings. The molecule has 1 aromatic carbocycles. The number of hydrogen-bond donors (Lipinski definition) is 1. The molecule has 4 unspecified atom stereocenters. The molecule has 1 heterocycles. The van der Waals surface area contributed by atoms with Gasteiger partial charge in [0.1, 0.15) is 5.82 Å². The van der Waals surface area contributed by atoms with Crippen LogP contribution in [0.2, 0.25) is 0 Å². The summed E-state index contributed by atoms with van der Waals surface area (Å²) in [6.45, 7) is 4.47. The number of ether oxygens (including phenoxy) is 1. The van der Waals surface area contributed by atoms with Gasteiger partial charge in [0.2, 0.25) is 0 Å². The summed E-state index contributed by atoms with van der Waals surface area (Å²) in [6.07, 6.45) is 3.14. The molecule has 1 aliphatic carbocycles. The molecule has 0 bridgehead atoms. The predicted molar refractivity (Wildman–Crippen MR) is 79.5 cm³/mol. The summed E-state index contributed by atoms with van der Waals surface area (Å²) in [6, 6.07) is 6.99. The summed E-state index contributed by atoms with van der Waals surface area (Å²) in [5, 5.41) is 10.4. The summed E-state index contributed by atoms with van der Waals surface area (Å²) in [5.41, 5.74) is 0.404. The lowest BCUT2D eigenvalue weighted by Gasteiger charge is -2.39. The molecule has 0 radical (unpaired) electrons. The fourth-order valence-corrected chi connectivity index (χ4v) is 3.72. The van der Waals surface area contributed by atoms with Crippen LogP contribution in [0.3, 0.4) is 0 Å². The molecule has 3 rings (SSSR count). The van der Waals surface area contributed by atoms with E-state index in [0.717, 1.165) is 26.1 Å². The molecule has 21 heavy (non-hydrogen) atoms. The number of halogens is 1. The molecular formula is C17H24FNO2. The third-order valence-electron chi connectivity index (χ3n) is 4.88. The summed E-state index contributed by atoms with van der Waals surface area (Å²) < 4.78 is 19.6. The Balaban J connectivity index is 1.65. The number of benzene rings is 1. The number of aliphatic hydroxyl groups is 1. The van der Waals surface area contributed by atoms with Crippen LogP contribution < -0.4 is 0 Å². The van der Waals surface area contributed by atoms with Gasteiger partial charge in [0, 0.05) is 24.7 Å². The van der Waals surface area contributed by atoms with Crippen molar-refractivity contribution in [2.24, 2.45) is 5.92 Å². The average Bonchev–Trinajstić information content (AvgIpc) is 2.96. The van der Waals surface area contributed by atoms with Crippen LogP contribution in [0, 0.1) is 11.7 Å². The monoisotopic (exact) mass is 293 g/mol. The molecule has 2 aliphatic rings. The summed E-state index contributed by atoms with van der Waals surface area (Å²) in [4.78, 5) is 2.43. The lowest BCUT2D eigenvalue weighted by Crippen LogP contribution is -2.50. The first-order chi connectivity index (χ1) is 10.2. The van der Waals surface area contributed by atoms with Crippen LogP contribution in [-0.2, 0) is 4.74 Å². The number of morpholine rings is 1. The molecule has 0 aromatic heterocycles. The fraction of sp³-hybridized carbons (Fsp3) is 0.647. The van der Waals surface area contributed by atoms with Crippen LogP contribution in [0.15, 0.2) is 24.3 Å². The maximum atomic E-state index is 13.8. The van der Waals surface area contributed by atoms with Crippen LogP contribution in [0.5, 0.6) is 0 Å². The summed E-state index contributed by atoms with van der Waals surface area (Å²) in [5.74, 6) is -0.321. The van der Waals surface area contributed by atoms with Crippen molar-refractivity contribution >= 4 is 0 Å². The Bertz CT molecular complexity index is 482. The van der Waals surface area contributed by atoms with Crippen molar-refractivity contribution in [1.29, 1.82) is 0 Å².